The first kappa shape index (κ1) is 9.11. The summed E-state index contributed by atoms with van der Waals surface area (Å²) >= 11 is 6.50. The average molecular weight is 201 g/mol. The van der Waals surface area contributed by atoms with Crippen LogP contribution in [0, 0.1) is 11.8 Å². The first-order valence-electron chi connectivity index (χ1n) is 3.10. The molecule has 0 amide bonds. The summed E-state index contributed by atoms with van der Waals surface area (Å²) in [5, 5.41) is 10.3. The number of aromatic carboxylic acids is 1. The number of carboxylic acid groups (broad SMARTS) is 1. The van der Waals surface area contributed by atoms with E-state index in [2.05, 4.69) is 11.8 Å². The Hall–Kier alpha value is -0.980. The van der Waals surface area contributed by atoms with E-state index in [1.807, 2.05) is 0 Å². The van der Waals surface area contributed by atoms with Crippen LogP contribution in [0.2, 0.25) is 0 Å². The molecule has 1 aromatic rings. The maximum absolute atomic E-state index is 10.4. The quantitative estimate of drug-likeness (QED) is 0.557. The van der Waals surface area contributed by atoms with Gasteiger partial charge in [-0.05, 0) is 6.07 Å². The van der Waals surface area contributed by atoms with Crippen LogP contribution in [0.15, 0.2) is 11.4 Å². The van der Waals surface area contributed by atoms with Crippen molar-refractivity contribution in [1.29, 1.82) is 0 Å². The number of hydrogen-bond donors (Lipinski definition) is 1. The summed E-state index contributed by atoms with van der Waals surface area (Å²) in [6.45, 7) is 0. The predicted molar refractivity (Wildman–Crippen MR) is 48.9 cm³/mol. The van der Waals surface area contributed by atoms with E-state index in [-0.39, 0.29) is 5.88 Å². The third kappa shape index (κ3) is 2.26. The van der Waals surface area contributed by atoms with Crippen molar-refractivity contribution in [1.82, 2.24) is 0 Å². The summed E-state index contributed by atoms with van der Waals surface area (Å²) in [7, 11) is 0. The zero-order valence-electron chi connectivity index (χ0n) is 6.00. The lowest BCUT2D eigenvalue weighted by Gasteiger charge is -1.80. The van der Waals surface area contributed by atoms with E-state index in [4.69, 9.17) is 16.7 Å². The van der Waals surface area contributed by atoms with Crippen molar-refractivity contribution < 1.29 is 9.90 Å². The normalized spacial score (nSPS) is 8.75. The monoisotopic (exact) mass is 200 g/mol. The van der Waals surface area contributed by atoms with E-state index in [1.54, 1.807) is 5.38 Å². The minimum atomic E-state index is -0.918. The van der Waals surface area contributed by atoms with Gasteiger partial charge in [-0.2, -0.15) is 0 Å². The summed E-state index contributed by atoms with van der Waals surface area (Å²) in [4.78, 5) is 10.7. The van der Waals surface area contributed by atoms with Gasteiger partial charge in [-0.25, -0.2) is 4.79 Å². The van der Waals surface area contributed by atoms with Gasteiger partial charge in [0.05, 0.1) is 5.88 Å². The maximum Gasteiger partial charge on any atom is 0.345 e. The van der Waals surface area contributed by atoms with Crippen LogP contribution in [0.1, 0.15) is 15.2 Å². The van der Waals surface area contributed by atoms with Crippen molar-refractivity contribution >= 4 is 28.9 Å². The molecule has 2 nitrogen and oxygen atoms in total. The molecule has 0 saturated heterocycles. The summed E-state index contributed by atoms with van der Waals surface area (Å²) in [6.07, 6.45) is 0. The lowest BCUT2D eigenvalue weighted by molar-refractivity contribution is 0.0702. The smallest absolute Gasteiger partial charge is 0.345 e. The third-order valence-corrected chi connectivity index (χ3v) is 2.16. The molecule has 1 N–H and O–H groups in total. The Morgan fingerprint density at radius 2 is 2.50 bits per heavy atom. The number of carbonyl (C=O) groups is 1. The fourth-order valence-electron chi connectivity index (χ4n) is 0.649. The van der Waals surface area contributed by atoms with Crippen LogP contribution < -0.4 is 0 Å². The summed E-state index contributed by atoms with van der Waals surface area (Å²) in [5.41, 5.74) is 0.707. The van der Waals surface area contributed by atoms with Gasteiger partial charge < -0.3 is 5.11 Å². The molecule has 0 atom stereocenters. The number of alkyl halides is 1. The van der Waals surface area contributed by atoms with Crippen molar-refractivity contribution in [3.8, 4) is 11.8 Å². The Morgan fingerprint density at radius 1 is 1.75 bits per heavy atom. The van der Waals surface area contributed by atoms with Gasteiger partial charge in [-0.1, -0.05) is 11.8 Å². The Labute approximate surface area is 78.8 Å². The van der Waals surface area contributed by atoms with E-state index < -0.39 is 5.97 Å². The zero-order valence-corrected chi connectivity index (χ0v) is 7.58. The highest BCUT2D eigenvalue weighted by Crippen LogP contribution is 2.13. The molecule has 12 heavy (non-hydrogen) atoms. The predicted octanol–water partition coefficient (Wildman–Crippen LogP) is 2.04. The topological polar surface area (TPSA) is 37.3 Å². The Morgan fingerprint density at radius 3 is 3.00 bits per heavy atom. The van der Waals surface area contributed by atoms with Gasteiger partial charge in [0.1, 0.15) is 4.88 Å². The number of rotatable bonds is 1. The summed E-state index contributed by atoms with van der Waals surface area (Å²) in [5.74, 6) is 4.73. The highest BCUT2D eigenvalue weighted by atomic mass is 35.5. The van der Waals surface area contributed by atoms with E-state index in [0.717, 1.165) is 11.3 Å². The molecule has 0 aromatic carbocycles. The summed E-state index contributed by atoms with van der Waals surface area (Å²) < 4.78 is 0. The molecule has 0 aliphatic heterocycles. The van der Waals surface area contributed by atoms with E-state index >= 15 is 0 Å². The highest BCUT2D eigenvalue weighted by molar-refractivity contribution is 7.12. The second kappa shape index (κ2) is 4.15. The fraction of sp³-hybridized carbons (Fsp3) is 0.125. The molecule has 0 saturated carbocycles. The maximum atomic E-state index is 10.4. The molecule has 1 rings (SSSR count). The van der Waals surface area contributed by atoms with Gasteiger partial charge >= 0.3 is 5.97 Å². The van der Waals surface area contributed by atoms with Gasteiger partial charge in [-0.15, -0.1) is 22.9 Å². The van der Waals surface area contributed by atoms with Crippen LogP contribution in [0.5, 0.6) is 0 Å². The van der Waals surface area contributed by atoms with Gasteiger partial charge in [0.2, 0.25) is 0 Å². The first-order chi connectivity index (χ1) is 5.74. The average Bonchev–Trinajstić information content (AvgIpc) is 2.48. The number of halogens is 1. The molecule has 0 fully saturated rings. The second-order valence-electron chi connectivity index (χ2n) is 1.94. The largest absolute Gasteiger partial charge is 0.477 e. The number of carboxylic acids is 1. The third-order valence-electron chi connectivity index (χ3n) is 1.11. The molecule has 1 aromatic heterocycles. The van der Waals surface area contributed by atoms with Gasteiger partial charge in [0.25, 0.3) is 0 Å². The van der Waals surface area contributed by atoms with Crippen molar-refractivity contribution in [2.75, 3.05) is 5.88 Å². The minimum absolute atomic E-state index is 0.262. The van der Waals surface area contributed by atoms with Crippen LogP contribution >= 0.6 is 22.9 Å². The van der Waals surface area contributed by atoms with E-state index in [9.17, 15) is 4.79 Å². The Balaban J connectivity index is 2.84. The summed E-state index contributed by atoms with van der Waals surface area (Å²) in [6, 6.07) is 1.53. The Bertz CT molecular complexity index is 345. The van der Waals surface area contributed by atoms with Crippen LogP contribution in [0.25, 0.3) is 0 Å². The molecule has 62 valence electrons. The highest BCUT2D eigenvalue weighted by Gasteiger charge is 2.04. The molecule has 0 spiro atoms. The Kier molecular flexibility index (Phi) is 3.15. The van der Waals surface area contributed by atoms with Gasteiger partial charge in [-0.3, -0.25) is 0 Å². The van der Waals surface area contributed by atoms with E-state index in [1.165, 1.54) is 6.07 Å². The van der Waals surface area contributed by atoms with Gasteiger partial charge in [0.15, 0.2) is 0 Å². The van der Waals surface area contributed by atoms with Crippen LogP contribution in [0.4, 0.5) is 0 Å². The second-order valence-corrected chi connectivity index (χ2v) is 3.12. The molecular weight excluding hydrogens is 196 g/mol. The molecular formula is C8H5ClO2S. The van der Waals surface area contributed by atoms with Gasteiger partial charge in [0, 0.05) is 10.9 Å². The minimum Gasteiger partial charge on any atom is -0.477 e. The lowest BCUT2D eigenvalue weighted by atomic mass is 10.3. The molecule has 0 unspecified atom stereocenters. The van der Waals surface area contributed by atoms with Crippen molar-refractivity contribution in [3.63, 3.8) is 0 Å². The molecule has 0 radical (unpaired) electrons. The molecule has 0 aliphatic carbocycles. The van der Waals surface area contributed by atoms with Crippen molar-refractivity contribution in [2.24, 2.45) is 0 Å². The standard InChI is InChI=1S/C8H5ClO2S/c9-3-1-2-6-4-7(8(10)11)12-5-6/h4-5H,3H2,(H,10,11). The van der Waals surface area contributed by atoms with E-state index in [0.29, 0.717) is 10.4 Å². The molecule has 4 heteroatoms. The zero-order chi connectivity index (χ0) is 8.97. The SMILES string of the molecule is O=C(O)c1cc(C#CCCl)cs1. The molecule has 1 heterocycles. The first-order valence-corrected chi connectivity index (χ1v) is 4.52. The number of hydrogen-bond acceptors (Lipinski definition) is 2. The number of thiophene rings is 1. The molecule has 0 aliphatic rings. The van der Waals surface area contributed by atoms with Crippen LogP contribution in [-0.4, -0.2) is 17.0 Å². The molecule has 0 bridgehead atoms. The van der Waals surface area contributed by atoms with Crippen LogP contribution in [0.3, 0.4) is 0 Å². The lowest BCUT2D eigenvalue weighted by Crippen LogP contribution is -1.89. The fourth-order valence-corrected chi connectivity index (χ4v) is 1.39. The van der Waals surface area contributed by atoms with Crippen molar-refractivity contribution in [2.45, 2.75) is 0 Å². The van der Waals surface area contributed by atoms with Crippen molar-refractivity contribution in [3.05, 3.63) is 21.9 Å². The van der Waals surface area contributed by atoms with Crippen LogP contribution in [-0.2, 0) is 0 Å².